The highest BCUT2D eigenvalue weighted by Crippen LogP contribution is 2.48. The Morgan fingerprint density at radius 3 is 1.92 bits per heavy atom. The van der Waals surface area contributed by atoms with Gasteiger partial charge in [0.25, 0.3) is 0 Å². The molecule has 10 nitrogen and oxygen atoms in total. The van der Waals surface area contributed by atoms with Gasteiger partial charge in [-0.2, -0.15) is 0 Å². The average molecular weight is 386 g/mol. The summed E-state index contributed by atoms with van der Waals surface area (Å²) in [5.74, 6) is 0. The molecule has 0 aliphatic rings. The first-order valence-corrected chi connectivity index (χ1v) is 9.35. The van der Waals surface area contributed by atoms with Gasteiger partial charge >= 0.3 is 19.9 Å². The van der Waals surface area contributed by atoms with Gasteiger partial charge in [-0.05, 0) is 41.5 Å². The topological polar surface area (TPSA) is 116 Å². The molecule has 0 aromatic heterocycles. The molecule has 0 N–H and O–H groups in total. The second-order valence-corrected chi connectivity index (χ2v) is 7.88. The van der Waals surface area contributed by atoms with Gasteiger partial charge < -0.3 is 23.7 Å². The highest BCUT2D eigenvalue weighted by Gasteiger charge is 2.29. The van der Waals surface area contributed by atoms with E-state index in [-0.39, 0.29) is 12.7 Å². The van der Waals surface area contributed by atoms with E-state index in [1.54, 1.807) is 41.5 Å². The van der Waals surface area contributed by atoms with Gasteiger partial charge in [0.15, 0.2) is 0 Å². The maximum atomic E-state index is 12.6. The quantitative estimate of drug-likeness (QED) is 0.313. The van der Waals surface area contributed by atoms with Crippen LogP contribution in [0.15, 0.2) is 0 Å². The Kier molecular flexibility index (Phi) is 10.7. The van der Waals surface area contributed by atoms with Crippen molar-refractivity contribution in [3.63, 3.8) is 0 Å². The Morgan fingerprint density at radius 1 is 0.960 bits per heavy atom. The second-order valence-electron chi connectivity index (χ2n) is 5.88. The van der Waals surface area contributed by atoms with Gasteiger partial charge in [-0.15, -0.1) is 0 Å². The molecule has 25 heavy (non-hydrogen) atoms. The Hall–Kier alpha value is -1.35. The van der Waals surface area contributed by atoms with E-state index in [1.807, 2.05) is 0 Å². The van der Waals surface area contributed by atoms with Crippen LogP contribution in [-0.4, -0.2) is 50.6 Å². The average Bonchev–Trinajstić information content (AvgIpc) is 2.44. The number of ether oxygens (including phenoxy) is 5. The Bertz CT molecular complexity index is 457. The fraction of sp³-hybridized carbons (Fsp3) is 0.857. The van der Waals surface area contributed by atoms with Crippen LogP contribution in [0.5, 0.6) is 0 Å². The van der Waals surface area contributed by atoms with E-state index >= 15 is 0 Å². The molecular formula is C14H27O10P. The van der Waals surface area contributed by atoms with Crippen molar-refractivity contribution in [2.45, 2.75) is 53.2 Å². The van der Waals surface area contributed by atoms with Crippen molar-refractivity contribution < 1.29 is 46.9 Å². The van der Waals surface area contributed by atoms with Gasteiger partial charge in [-0.1, -0.05) is 0 Å². The van der Waals surface area contributed by atoms with Crippen molar-refractivity contribution in [1.29, 1.82) is 0 Å². The molecule has 0 aliphatic carbocycles. The van der Waals surface area contributed by atoms with Crippen molar-refractivity contribution in [2.24, 2.45) is 0 Å². The van der Waals surface area contributed by atoms with Crippen LogP contribution < -0.4 is 0 Å². The monoisotopic (exact) mass is 386 g/mol. The number of hydrogen-bond acceptors (Lipinski definition) is 10. The van der Waals surface area contributed by atoms with Crippen molar-refractivity contribution in [3.05, 3.63) is 0 Å². The van der Waals surface area contributed by atoms with Crippen LogP contribution in [0.1, 0.15) is 41.5 Å². The molecule has 0 radical (unpaired) electrons. The zero-order chi connectivity index (χ0) is 19.5. The summed E-state index contributed by atoms with van der Waals surface area (Å²) in [4.78, 5) is 22.3. The Balaban J connectivity index is 4.54. The zero-order valence-electron chi connectivity index (χ0n) is 15.4. The van der Waals surface area contributed by atoms with Crippen molar-refractivity contribution in [3.8, 4) is 0 Å². The maximum absolute atomic E-state index is 12.6. The van der Waals surface area contributed by atoms with Crippen LogP contribution in [-0.2, 0) is 37.3 Å². The Labute approximate surface area is 147 Å². The molecule has 0 aliphatic heterocycles. The summed E-state index contributed by atoms with van der Waals surface area (Å²) in [6.45, 7) is 8.84. The molecule has 148 valence electrons. The molecule has 11 heteroatoms. The van der Waals surface area contributed by atoms with Crippen LogP contribution in [0.2, 0.25) is 0 Å². The minimum atomic E-state index is -3.87. The predicted octanol–water partition coefficient (Wildman–Crippen LogP) is 3.64. The zero-order valence-corrected chi connectivity index (χ0v) is 16.3. The second kappa shape index (κ2) is 11.3. The van der Waals surface area contributed by atoms with E-state index < -0.39 is 45.4 Å². The molecule has 0 spiro atoms. The van der Waals surface area contributed by atoms with E-state index in [2.05, 4.69) is 14.2 Å². The highest BCUT2D eigenvalue weighted by atomic mass is 31.2. The lowest BCUT2D eigenvalue weighted by molar-refractivity contribution is -0.0396. The van der Waals surface area contributed by atoms with E-state index in [0.717, 1.165) is 0 Å². The molecule has 0 fully saturated rings. The molecule has 0 aromatic rings. The minimum absolute atomic E-state index is 0.117. The molecule has 0 bridgehead atoms. The van der Waals surface area contributed by atoms with Gasteiger partial charge in [-0.25, -0.2) is 9.59 Å². The van der Waals surface area contributed by atoms with Crippen LogP contribution in [0.4, 0.5) is 9.59 Å². The third kappa shape index (κ3) is 13.6. The number of rotatable bonds is 10. The van der Waals surface area contributed by atoms with E-state index in [1.165, 1.54) is 0 Å². The van der Waals surface area contributed by atoms with Crippen molar-refractivity contribution in [1.82, 2.24) is 0 Å². The Morgan fingerprint density at radius 2 is 1.48 bits per heavy atom. The number of hydrogen-bond donors (Lipinski definition) is 0. The van der Waals surface area contributed by atoms with Crippen LogP contribution in [0.3, 0.4) is 0 Å². The first-order valence-electron chi connectivity index (χ1n) is 7.62. The summed E-state index contributed by atoms with van der Waals surface area (Å²) >= 11 is 0. The van der Waals surface area contributed by atoms with Gasteiger partial charge in [0.05, 0.1) is 18.3 Å². The van der Waals surface area contributed by atoms with E-state index in [0.29, 0.717) is 0 Å². The van der Waals surface area contributed by atoms with Crippen molar-refractivity contribution in [2.75, 3.05) is 26.5 Å². The normalized spacial score (nSPS) is 13.9. The van der Waals surface area contributed by atoms with Gasteiger partial charge in [-0.3, -0.25) is 13.6 Å². The van der Waals surface area contributed by atoms with E-state index in [9.17, 15) is 14.2 Å². The summed E-state index contributed by atoms with van der Waals surface area (Å²) < 4.78 is 46.3. The molecule has 0 rings (SSSR count). The lowest BCUT2D eigenvalue weighted by Crippen LogP contribution is -2.22. The summed E-state index contributed by atoms with van der Waals surface area (Å²) in [6, 6.07) is 0. The first-order chi connectivity index (χ1) is 11.5. The fourth-order valence-electron chi connectivity index (χ4n) is 1.08. The molecule has 0 amide bonds. The molecule has 0 saturated carbocycles. The van der Waals surface area contributed by atoms with Crippen molar-refractivity contribution >= 4 is 19.9 Å². The highest BCUT2D eigenvalue weighted by molar-refractivity contribution is 7.53. The van der Waals surface area contributed by atoms with Gasteiger partial charge in [0.2, 0.25) is 13.6 Å². The molecular weight excluding hydrogens is 359 g/mol. The van der Waals surface area contributed by atoms with Crippen LogP contribution >= 0.6 is 7.60 Å². The molecule has 1 unspecified atom stereocenters. The first kappa shape index (κ1) is 23.6. The molecule has 0 aromatic carbocycles. The summed E-state index contributed by atoms with van der Waals surface area (Å²) in [5.41, 5.74) is -0.623. The molecule has 0 saturated heterocycles. The lowest BCUT2D eigenvalue weighted by atomic mass is 10.2. The summed E-state index contributed by atoms with van der Waals surface area (Å²) in [5, 5.41) is 0. The summed E-state index contributed by atoms with van der Waals surface area (Å²) in [7, 11) is -3.87. The number of carbonyl (C=O) groups is 2. The third-order valence-electron chi connectivity index (χ3n) is 2.10. The SMILES string of the molecule is CCOC(=O)OCOP(=O)(COC(C)(C)C)OCOC(=O)OC(C)C. The fourth-order valence-corrected chi connectivity index (χ4v) is 2.28. The number of carbonyl (C=O) groups excluding carboxylic acids is 2. The molecule has 1 atom stereocenters. The van der Waals surface area contributed by atoms with E-state index in [4.69, 9.17) is 18.5 Å². The van der Waals surface area contributed by atoms with Crippen LogP contribution in [0.25, 0.3) is 0 Å². The smallest absolute Gasteiger partial charge is 0.435 e. The van der Waals surface area contributed by atoms with Crippen LogP contribution in [0, 0.1) is 0 Å². The summed E-state index contributed by atoms with van der Waals surface area (Å²) in [6.07, 6.45) is -2.79. The predicted molar refractivity (Wildman–Crippen MR) is 86.0 cm³/mol. The third-order valence-corrected chi connectivity index (χ3v) is 3.55. The minimum Gasteiger partial charge on any atom is -0.435 e. The maximum Gasteiger partial charge on any atom is 0.510 e. The van der Waals surface area contributed by atoms with Gasteiger partial charge in [0.1, 0.15) is 6.35 Å². The van der Waals surface area contributed by atoms with Gasteiger partial charge in [0, 0.05) is 0 Å². The molecule has 0 heterocycles. The standard InChI is InChI=1S/C14H27O10P/c1-7-18-12(15)19-8-22-25(17,10-21-14(4,5)6)23-9-20-13(16)24-11(2)3/h11H,7-10H2,1-6H3. The largest absolute Gasteiger partial charge is 0.510 e. The lowest BCUT2D eigenvalue weighted by Gasteiger charge is -2.24.